The Morgan fingerprint density at radius 3 is 2.52 bits per heavy atom. The number of nitrogens with two attached hydrogens (primary N) is 1. The SMILES string of the molecule is COc1ccc(CCCCCC(=O)NC(C)(CN)C2CC2)cc1. The summed E-state index contributed by atoms with van der Waals surface area (Å²) in [5.74, 6) is 1.62. The van der Waals surface area contributed by atoms with Crippen LogP contribution in [0.4, 0.5) is 0 Å². The molecule has 1 saturated carbocycles. The molecule has 1 aliphatic carbocycles. The molecule has 0 aromatic heterocycles. The van der Waals surface area contributed by atoms with Crippen LogP contribution in [0.2, 0.25) is 0 Å². The van der Waals surface area contributed by atoms with Crippen LogP contribution in [0.1, 0.15) is 51.0 Å². The largest absolute Gasteiger partial charge is 0.497 e. The molecule has 1 aliphatic rings. The molecular weight excluding hydrogens is 288 g/mol. The summed E-state index contributed by atoms with van der Waals surface area (Å²) in [4.78, 5) is 12.1. The average Bonchev–Trinajstić information content (AvgIpc) is 3.40. The van der Waals surface area contributed by atoms with E-state index in [1.165, 1.54) is 18.4 Å². The average molecular weight is 318 g/mol. The van der Waals surface area contributed by atoms with Gasteiger partial charge in [0.15, 0.2) is 0 Å². The molecule has 23 heavy (non-hydrogen) atoms. The van der Waals surface area contributed by atoms with Crippen LogP contribution in [0.5, 0.6) is 5.75 Å². The van der Waals surface area contributed by atoms with Gasteiger partial charge in [-0.05, 0) is 62.6 Å². The van der Waals surface area contributed by atoms with Crippen molar-refractivity contribution in [1.29, 1.82) is 0 Å². The number of aryl methyl sites for hydroxylation is 1. The molecule has 1 amide bonds. The molecule has 0 heterocycles. The molecule has 0 saturated heterocycles. The maximum atomic E-state index is 12.1. The number of ether oxygens (including phenoxy) is 1. The van der Waals surface area contributed by atoms with Crippen LogP contribution in [0.25, 0.3) is 0 Å². The van der Waals surface area contributed by atoms with E-state index in [-0.39, 0.29) is 11.4 Å². The number of unbranched alkanes of at least 4 members (excludes halogenated alkanes) is 2. The van der Waals surface area contributed by atoms with Crippen molar-refractivity contribution in [3.63, 3.8) is 0 Å². The molecule has 1 aromatic rings. The molecule has 0 radical (unpaired) electrons. The lowest BCUT2D eigenvalue weighted by molar-refractivity contribution is -0.123. The first kappa shape index (κ1) is 17.8. The van der Waals surface area contributed by atoms with E-state index in [0.717, 1.165) is 31.4 Å². The third kappa shape index (κ3) is 5.54. The van der Waals surface area contributed by atoms with Crippen molar-refractivity contribution >= 4 is 5.91 Å². The van der Waals surface area contributed by atoms with Crippen molar-refractivity contribution in [3.05, 3.63) is 29.8 Å². The lowest BCUT2D eigenvalue weighted by atomic mass is 9.95. The monoisotopic (exact) mass is 318 g/mol. The molecule has 2 rings (SSSR count). The van der Waals surface area contributed by atoms with Gasteiger partial charge in [-0.1, -0.05) is 18.6 Å². The van der Waals surface area contributed by atoms with E-state index < -0.39 is 0 Å². The standard InChI is InChI=1S/C19H30N2O2/c1-19(14-20,16-10-11-16)21-18(22)7-5-3-4-6-15-8-12-17(23-2)13-9-15/h8-9,12-13,16H,3-7,10-11,14,20H2,1-2H3,(H,21,22). The van der Waals surface area contributed by atoms with Crippen LogP contribution in [0, 0.1) is 5.92 Å². The molecule has 128 valence electrons. The lowest BCUT2D eigenvalue weighted by Gasteiger charge is -2.29. The fraction of sp³-hybridized carbons (Fsp3) is 0.632. The van der Waals surface area contributed by atoms with E-state index in [9.17, 15) is 4.79 Å². The Balaban J connectivity index is 1.60. The van der Waals surface area contributed by atoms with Crippen LogP contribution in [-0.2, 0) is 11.2 Å². The highest BCUT2D eigenvalue weighted by molar-refractivity contribution is 5.76. The van der Waals surface area contributed by atoms with Crippen molar-refractivity contribution in [3.8, 4) is 5.75 Å². The zero-order chi connectivity index (χ0) is 16.7. The molecule has 1 unspecified atom stereocenters. The van der Waals surface area contributed by atoms with E-state index in [4.69, 9.17) is 10.5 Å². The van der Waals surface area contributed by atoms with Gasteiger partial charge >= 0.3 is 0 Å². The summed E-state index contributed by atoms with van der Waals surface area (Å²) in [6.07, 6.45) is 7.15. The topological polar surface area (TPSA) is 64.3 Å². The Morgan fingerprint density at radius 1 is 1.26 bits per heavy atom. The van der Waals surface area contributed by atoms with Crippen LogP contribution in [0.3, 0.4) is 0 Å². The van der Waals surface area contributed by atoms with E-state index in [1.54, 1.807) is 7.11 Å². The van der Waals surface area contributed by atoms with Gasteiger partial charge in [-0.2, -0.15) is 0 Å². The van der Waals surface area contributed by atoms with Gasteiger partial charge in [0, 0.05) is 13.0 Å². The van der Waals surface area contributed by atoms with Crippen molar-refractivity contribution in [2.24, 2.45) is 11.7 Å². The molecule has 1 fully saturated rings. The number of amides is 1. The van der Waals surface area contributed by atoms with Gasteiger partial charge in [0.05, 0.1) is 12.6 Å². The Hall–Kier alpha value is -1.55. The smallest absolute Gasteiger partial charge is 0.220 e. The molecule has 0 aliphatic heterocycles. The second-order valence-corrected chi connectivity index (χ2v) is 6.85. The fourth-order valence-electron chi connectivity index (χ4n) is 3.00. The number of benzene rings is 1. The highest BCUT2D eigenvalue weighted by atomic mass is 16.5. The van der Waals surface area contributed by atoms with Gasteiger partial charge in [-0.25, -0.2) is 0 Å². The normalized spacial score (nSPS) is 16.7. The molecule has 4 nitrogen and oxygen atoms in total. The molecule has 3 N–H and O–H groups in total. The van der Waals surface area contributed by atoms with Gasteiger partial charge in [0.1, 0.15) is 5.75 Å². The third-order valence-corrected chi connectivity index (χ3v) is 4.86. The number of nitrogens with one attached hydrogen (secondary N) is 1. The van der Waals surface area contributed by atoms with Gasteiger partial charge in [-0.3, -0.25) is 4.79 Å². The summed E-state index contributed by atoms with van der Waals surface area (Å²) in [5, 5.41) is 3.15. The first-order valence-corrected chi connectivity index (χ1v) is 8.71. The maximum absolute atomic E-state index is 12.1. The molecule has 1 atom stereocenters. The summed E-state index contributed by atoms with van der Waals surface area (Å²) >= 11 is 0. The van der Waals surface area contributed by atoms with Crippen LogP contribution in [-0.4, -0.2) is 25.1 Å². The molecule has 1 aromatic carbocycles. The number of hydrogen-bond donors (Lipinski definition) is 2. The van der Waals surface area contributed by atoms with Gasteiger partial charge < -0.3 is 15.8 Å². The van der Waals surface area contributed by atoms with E-state index in [0.29, 0.717) is 18.9 Å². The number of methoxy groups -OCH3 is 1. The minimum Gasteiger partial charge on any atom is -0.497 e. The Kier molecular flexibility index (Phi) is 6.46. The van der Waals surface area contributed by atoms with E-state index >= 15 is 0 Å². The predicted octanol–water partition coefficient (Wildman–Crippen LogP) is 3.04. The third-order valence-electron chi connectivity index (χ3n) is 4.86. The van der Waals surface area contributed by atoms with E-state index in [1.807, 2.05) is 12.1 Å². The second-order valence-electron chi connectivity index (χ2n) is 6.85. The second kappa shape index (κ2) is 8.34. The van der Waals surface area contributed by atoms with Crippen molar-refractivity contribution in [2.75, 3.05) is 13.7 Å². The van der Waals surface area contributed by atoms with Crippen LogP contribution < -0.4 is 15.8 Å². The minimum absolute atomic E-state index is 0.147. The summed E-state index contributed by atoms with van der Waals surface area (Å²) in [6, 6.07) is 8.20. The quantitative estimate of drug-likeness (QED) is 0.652. The van der Waals surface area contributed by atoms with Crippen molar-refractivity contribution in [1.82, 2.24) is 5.32 Å². The summed E-state index contributed by atoms with van der Waals surface area (Å²) in [6.45, 7) is 2.60. The van der Waals surface area contributed by atoms with Gasteiger partial charge in [0.2, 0.25) is 5.91 Å². The number of carbonyl (C=O) groups is 1. The Labute approximate surface area is 139 Å². The Morgan fingerprint density at radius 2 is 1.96 bits per heavy atom. The summed E-state index contributed by atoms with van der Waals surface area (Å²) < 4.78 is 5.16. The first-order valence-electron chi connectivity index (χ1n) is 8.71. The molecule has 4 heteroatoms. The zero-order valence-corrected chi connectivity index (χ0v) is 14.4. The van der Waals surface area contributed by atoms with Gasteiger partial charge in [0.25, 0.3) is 0 Å². The van der Waals surface area contributed by atoms with Crippen molar-refractivity contribution < 1.29 is 9.53 Å². The molecule has 0 spiro atoms. The minimum atomic E-state index is -0.194. The highest BCUT2D eigenvalue weighted by Gasteiger charge is 2.41. The first-order chi connectivity index (χ1) is 11.1. The summed E-state index contributed by atoms with van der Waals surface area (Å²) in [5.41, 5.74) is 6.96. The van der Waals surface area contributed by atoms with Crippen LogP contribution >= 0.6 is 0 Å². The number of hydrogen-bond acceptors (Lipinski definition) is 3. The summed E-state index contributed by atoms with van der Waals surface area (Å²) in [7, 11) is 1.68. The molecule has 0 bridgehead atoms. The number of carbonyl (C=O) groups excluding carboxylic acids is 1. The predicted molar refractivity (Wildman–Crippen MR) is 93.5 cm³/mol. The fourth-order valence-corrected chi connectivity index (χ4v) is 3.00. The lowest BCUT2D eigenvalue weighted by Crippen LogP contribution is -2.53. The highest BCUT2D eigenvalue weighted by Crippen LogP contribution is 2.39. The van der Waals surface area contributed by atoms with E-state index in [2.05, 4.69) is 24.4 Å². The molecular formula is C19H30N2O2. The van der Waals surface area contributed by atoms with Gasteiger partial charge in [-0.15, -0.1) is 0 Å². The van der Waals surface area contributed by atoms with Crippen LogP contribution in [0.15, 0.2) is 24.3 Å². The zero-order valence-electron chi connectivity index (χ0n) is 14.4. The Bertz CT molecular complexity index is 497. The van der Waals surface area contributed by atoms with Crippen molar-refractivity contribution in [2.45, 2.75) is 57.4 Å². The maximum Gasteiger partial charge on any atom is 0.220 e. The number of rotatable bonds is 10.